The van der Waals surface area contributed by atoms with Crippen LogP contribution in [-0.4, -0.2) is 32.1 Å². The van der Waals surface area contributed by atoms with Gasteiger partial charge in [0.15, 0.2) is 0 Å². The van der Waals surface area contributed by atoms with Crippen molar-refractivity contribution in [2.75, 3.05) is 14.2 Å². The Hall–Kier alpha value is -1.17. The van der Waals surface area contributed by atoms with Gasteiger partial charge in [-0.05, 0) is 32.1 Å². The zero-order chi connectivity index (χ0) is 18.0. The Morgan fingerprint density at radius 3 is 2.71 bits per heavy atom. The third kappa shape index (κ3) is 6.75. The van der Waals surface area contributed by atoms with Crippen LogP contribution in [0.15, 0.2) is 23.8 Å². The third-order valence-electron chi connectivity index (χ3n) is 4.39. The van der Waals surface area contributed by atoms with Gasteiger partial charge in [-0.25, -0.2) is 9.78 Å². The van der Waals surface area contributed by atoms with Gasteiger partial charge in [0.25, 0.3) is 0 Å². The number of carbonyl (C=O) groups is 1. The van der Waals surface area contributed by atoms with Crippen molar-refractivity contribution in [1.82, 2.24) is 0 Å². The van der Waals surface area contributed by atoms with Crippen LogP contribution >= 0.6 is 0 Å². The molecule has 1 aliphatic rings. The minimum Gasteiger partial charge on any atom is -0.469 e. The van der Waals surface area contributed by atoms with Crippen LogP contribution in [0.25, 0.3) is 0 Å². The topological polar surface area (TPSA) is 54.0 Å². The van der Waals surface area contributed by atoms with Gasteiger partial charge in [0.2, 0.25) is 5.79 Å². The summed E-state index contributed by atoms with van der Waals surface area (Å²) in [5, 5.41) is 0. The number of methoxy groups -OCH3 is 2. The first-order valence-corrected chi connectivity index (χ1v) is 8.76. The average Bonchev–Trinajstić information content (AvgIpc) is 2.57. The number of carbonyl (C=O) groups excluding carboxylic acids is 1. The molecule has 0 aliphatic carbocycles. The second-order valence-electron chi connectivity index (χ2n) is 6.45. The van der Waals surface area contributed by atoms with E-state index in [0.717, 1.165) is 25.7 Å². The van der Waals surface area contributed by atoms with Gasteiger partial charge >= 0.3 is 5.97 Å². The molecule has 0 amide bonds. The highest BCUT2D eigenvalue weighted by atomic mass is 17.2. The first-order chi connectivity index (χ1) is 11.5. The lowest BCUT2D eigenvalue weighted by molar-refractivity contribution is -0.475. The van der Waals surface area contributed by atoms with Crippen LogP contribution in [0.1, 0.15) is 59.3 Å². The molecule has 1 saturated heterocycles. The minimum atomic E-state index is -0.728. The Morgan fingerprint density at radius 2 is 2.12 bits per heavy atom. The first kappa shape index (κ1) is 20.9. The van der Waals surface area contributed by atoms with E-state index in [1.54, 1.807) is 7.11 Å². The van der Waals surface area contributed by atoms with E-state index in [4.69, 9.17) is 19.2 Å². The molecule has 1 aliphatic heterocycles. The Bertz CT molecular complexity index is 443. The predicted octanol–water partition coefficient (Wildman–Crippen LogP) is 4.33. The van der Waals surface area contributed by atoms with Crippen molar-refractivity contribution in [3.8, 4) is 0 Å². The number of unbranched alkanes of at least 4 members (excludes halogenated alkanes) is 1. The lowest BCUT2D eigenvalue weighted by Crippen LogP contribution is -2.46. The van der Waals surface area contributed by atoms with Gasteiger partial charge in [-0.1, -0.05) is 37.6 Å². The number of hydrogen-bond acceptors (Lipinski definition) is 5. The van der Waals surface area contributed by atoms with Crippen LogP contribution in [0, 0.1) is 5.92 Å². The summed E-state index contributed by atoms with van der Waals surface area (Å²) in [5.41, 5.74) is 1.29. The fraction of sp³-hybridized carbons (Fsp3) is 0.737. The monoisotopic (exact) mass is 340 g/mol. The molecule has 138 valence electrons. The van der Waals surface area contributed by atoms with Gasteiger partial charge in [0.05, 0.1) is 13.5 Å². The van der Waals surface area contributed by atoms with Gasteiger partial charge in [-0.3, -0.25) is 4.79 Å². The Labute approximate surface area is 145 Å². The van der Waals surface area contributed by atoms with Crippen molar-refractivity contribution in [2.24, 2.45) is 5.92 Å². The van der Waals surface area contributed by atoms with E-state index in [2.05, 4.69) is 32.1 Å². The summed E-state index contributed by atoms with van der Waals surface area (Å²) in [7, 11) is 3.02. The summed E-state index contributed by atoms with van der Waals surface area (Å²) in [6, 6.07) is 0. The lowest BCUT2D eigenvalue weighted by atomic mass is 9.90. The maximum absolute atomic E-state index is 11.4. The molecule has 3 atom stereocenters. The summed E-state index contributed by atoms with van der Waals surface area (Å²) in [6.45, 7) is 6.29. The number of esters is 1. The van der Waals surface area contributed by atoms with Crippen molar-refractivity contribution in [1.29, 1.82) is 0 Å². The Balaban J connectivity index is 2.45. The molecule has 1 rings (SSSR count). The van der Waals surface area contributed by atoms with Crippen LogP contribution in [0.2, 0.25) is 0 Å². The highest BCUT2D eigenvalue weighted by Gasteiger charge is 2.42. The zero-order valence-electron chi connectivity index (χ0n) is 15.7. The standard InChI is InChI=1S/C19H32O5/c1-6-10-15(2)11-8-7-9-12-19(22-5)14-16(3)17(23-24-19)13-18(20)21-4/h8,10-11,16-17H,6-7,9,12-14H2,1-5H3/b11-8+,15-10+/t16-,17-,19+/m0/s1. The maximum atomic E-state index is 11.4. The van der Waals surface area contributed by atoms with Crippen LogP contribution in [-0.2, 0) is 24.0 Å². The molecule has 0 unspecified atom stereocenters. The molecule has 1 fully saturated rings. The highest BCUT2D eigenvalue weighted by molar-refractivity contribution is 5.69. The van der Waals surface area contributed by atoms with Crippen molar-refractivity contribution in [2.45, 2.75) is 71.2 Å². The molecule has 0 bridgehead atoms. The zero-order valence-corrected chi connectivity index (χ0v) is 15.7. The molecule has 0 saturated carbocycles. The SMILES string of the molecule is CC/C=C(C)/C=C/CCC[C@]1(OC)C[C@H](C)[C@H](CC(=O)OC)OO1. The third-order valence-corrected chi connectivity index (χ3v) is 4.39. The summed E-state index contributed by atoms with van der Waals surface area (Å²) in [5.74, 6) is -0.863. The Morgan fingerprint density at radius 1 is 1.38 bits per heavy atom. The lowest BCUT2D eigenvalue weighted by Gasteiger charge is -2.40. The quantitative estimate of drug-likeness (QED) is 0.271. The molecule has 0 aromatic carbocycles. The number of allylic oxidation sites excluding steroid dienone is 4. The largest absolute Gasteiger partial charge is 0.469 e. The van der Waals surface area contributed by atoms with E-state index in [-0.39, 0.29) is 24.4 Å². The minimum absolute atomic E-state index is 0.156. The van der Waals surface area contributed by atoms with E-state index in [9.17, 15) is 4.79 Å². The van der Waals surface area contributed by atoms with Crippen LogP contribution in [0.5, 0.6) is 0 Å². The molecule has 5 nitrogen and oxygen atoms in total. The molecular formula is C19H32O5. The van der Waals surface area contributed by atoms with Crippen molar-refractivity contribution in [3.05, 3.63) is 23.8 Å². The summed E-state index contributed by atoms with van der Waals surface area (Å²) in [6.07, 6.45) is 10.8. The average molecular weight is 340 g/mol. The summed E-state index contributed by atoms with van der Waals surface area (Å²) < 4.78 is 10.3. The first-order valence-electron chi connectivity index (χ1n) is 8.76. The fourth-order valence-corrected chi connectivity index (χ4v) is 2.89. The predicted molar refractivity (Wildman–Crippen MR) is 93.2 cm³/mol. The molecule has 0 spiro atoms. The normalized spacial score (nSPS) is 28.3. The number of hydrogen-bond donors (Lipinski definition) is 0. The Kier molecular flexibility index (Phi) is 9.26. The van der Waals surface area contributed by atoms with Gasteiger partial charge < -0.3 is 9.47 Å². The smallest absolute Gasteiger partial charge is 0.308 e. The van der Waals surface area contributed by atoms with Crippen molar-refractivity contribution in [3.63, 3.8) is 0 Å². The van der Waals surface area contributed by atoms with Crippen molar-refractivity contribution < 1.29 is 24.0 Å². The van der Waals surface area contributed by atoms with Gasteiger partial charge in [0.1, 0.15) is 6.10 Å². The van der Waals surface area contributed by atoms with E-state index in [0.29, 0.717) is 6.42 Å². The molecule has 5 heteroatoms. The molecule has 0 N–H and O–H groups in total. The second-order valence-corrected chi connectivity index (χ2v) is 6.45. The van der Waals surface area contributed by atoms with Crippen LogP contribution in [0.3, 0.4) is 0 Å². The molecule has 1 heterocycles. The number of rotatable bonds is 9. The fourth-order valence-electron chi connectivity index (χ4n) is 2.89. The highest BCUT2D eigenvalue weighted by Crippen LogP contribution is 2.36. The summed E-state index contributed by atoms with van der Waals surface area (Å²) in [4.78, 5) is 22.4. The molecule has 0 aromatic heterocycles. The van der Waals surface area contributed by atoms with Crippen molar-refractivity contribution >= 4 is 5.97 Å². The summed E-state index contributed by atoms with van der Waals surface area (Å²) >= 11 is 0. The van der Waals surface area contributed by atoms with E-state index >= 15 is 0 Å². The molecule has 0 radical (unpaired) electrons. The molecular weight excluding hydrogens is 308 g/mol. The van der Waals surface area contributed by atoms with E-state index < -0.39 is 5.79 Å². The van der Waals surface area contributed by atoms with Gasteiger partial charge in [-0.2, -0.15) is 0 Å². The number of ether oxygens (including phenoxy) is 2. The molecule has 0 aromatic rings. The molecule has 24 heavy (non-hydrogen) atoms. The van der Waals surface area contributed by atoms with Crippen LogP contribution < -0.4 is 0 Å². The van der Waals surface area contributed by atoms with Gasteiger partial charge in [0, 0.05) is 20.0 Å². The van der Waals surface area contributed by atoms with Crippen LogP contribution in [0.4, 0.5) is 0 Å². The van der Waals surface area contributed by atoms with E-state index in [1.807, 2.05) is 6.92 Å². The van der Waals surface area contributed by atoms with E-state index in [1.165, 1.54) is 12.7 Å². The second kappa shape index (κ2) is 10.6. The maximum Gasteiger partial charge on any atom is 0.308 e. The van der Waals surface area contributed by atoms with Gasteiger partial charge in [-0.15, -0.1) is 0 Å².